The number of methoxy groups -OCH3 is 1. The normalized spacial score (nSPS) is 41.4. The number of aliphatic hydroxyl groups is 1. The monoisotopic (exact) mass is 207 g/mol. The van der Waals surface area contributed by atoms with Crippen molar-refractivity contribution >= 4 is 18.4 Å². The second-order valence-corrected chi connectivity index (χ2v) is 3.63. The lowest BCUT2D eigenvalue weighted by atomic mass is 9.86. The number of halogens is 1. The van der Waals surface area contributed by atoms with Gasteiger partial charge in [-0.3, -0.25) is 10.1 Å². The summed E-state index contributed by atoms with van der Waals surface area (Å²) in [7, 11) is 1.39. The Morgan fingerprint density at radius 2 is 2.38 bits per heavy atom. The average Bonchev–Trinajstić information content (AvgIpc) is 2.60. The van der Waals surface area contributed by atoms with Crippen LogP contribution in [0.2, 0.25) is 0 Å². The number of hydrogen-bond donors (Lipinski definition) is 2. The molecule has 3 atom stereocenters. The minimum atomic E-state index is -0.571. The molecule has 5 heteroatoms. The fraction of sp³-hybridized carbons (Fsp3) is 0.875. The summed E-state index contributed by atoms with van der Waals surface area (Å²) in [5, 5.41) is 12.6. The number of ether oxygens (including phenoxy) is 1. The maximum absolute atomic E-state index is 11.3. The van der Waals surface area contributed by atoms with Crippen LogP contribution in [0.5, 0.6) is 0 Å². The molecule has 0 aliphatic carbocycles. The Kier molecular flexibility index (Phi) is 2.85. The molecule has 4 nitrogen and oxygen atoms in total. The Morgan fingerprint density at radius 3 is 2.77 bits per heavy atom. The highest BCUT2D eigenvalue weighted by Gasteiger charge is 2.55. The van der Waals surface area contributed by atoms with Crippen molar-refractivity contribution in [2.24, 2.45) is 0 Å². The second kappa shape index (κ2) is 3.44. The SMILES string of the molecule is COC(=O)[C@]12CC[C@H](N1)[C@H](O)C2.Cl. The third-order valence-corrected chi connectivity index (χ3v) is 2.94. The zero-order valence-corrected chi connectivity index (χ0v) is 8.26. The van der Waals surface area contributed by atoms with Gasteiger partial charge in [-0.15, -0.1) is 12.4 Å². The van der Waals surface area contributed by atoms with Crippen LogP contribution in [-0.2, 0) is 9.53 Å². The molecule has 2 saturated heterocycles. The number of rotatable bonds is 1. The zero-order valence-electron chi connectivity index (χ0n) is 7.45. The summed E-state index contributed by atoms with van der Waals surface area (Å²) in [6, 6.07) is 0.101. The average molecular weight is 208 g/mol. The van der Waals surface area contributed by atoms with Crippen LogP contribution < -0.4 is 5.32 Å². The van der Waals surface area contributed by atoms with Gasteiger partial charge >= 0.3 is 5.97 Å². The molecule has 76 valence electrons. The van der Waals surface area contributed by atoms with Crippen molar-refractivity contribution in [2.75, 3.05) is 7.11 Å². The van der Waals surface area contributed by atoms with Crippen molar-refractivity contribution < 1.29 is 14.6 Å². The number of nitrogens with one attached hydrogen (secondary N) is 1. The first-order chi connectivity index (χ1) is 5.68. The Hall–Kier alpha value is -0.320. The number of esters is 1. The Bertz CT molecular complexity index is 219. The summed E-state index contributed by atoms with van der Waals surface area (Å²) in [6.45, 7) is 0. The summed E-state index contributed by atoms with van der Waals surface area (Å²) in [5.41, 5.74) is -0.571. The number of carbonyl (C=O) groups is 1. The minimum Gasteiger partial charge on any atom is -0.468 e. The van der Waals surface area contributed by atoms with Crippen molar-refractivity contribution in [3.8, 4) is 0 Å². The van der Waals surface area contributed by atoms with Gasteiger partial charge in [-0.2, -0.15) is 0 Å². The highest BCUT2D eigenvalue weighted by atomic mass is 35.5. The van der Waals surface area contributed by atoms with Crippen molar-refractivity contribution in [2.45, 2.75) is 36.9 Å². The molecule has 2 fully saturated rings. The maximum Gasteiger partial charge on any atom is 0.326 e. The molecule has 13 heavy (non-hydrogen) atoms. The van der Waals surface area contributed by atoms with Crippen molar-refractivity contribution in [3.63, 3.8) is 0 Å². The van der Waals surface area contributed by atoms with Crippen molar-refractivity contribution in [3.05, 3.63) is 0 Å². The fourth-order valence-electron chi connectivity index (χ4n) is 2.29. The van der Waals surface area contributed by atoms with Crippen LogP contribution in [0, 0.1) is 0 Å². The van der Waals surface area contributed by atoms with Gasteiger partial charge < -0.3 is 9.84 Å². The summed E-state index contributed by atoms with van der Waals surface area (Å²) in [4.78, 5) is 11.3. The van der Waals surface area contributed by atoms with E-state index in [1.807, 2.05) is 0 Å². The molecule has 0 saturated carbocycles. The van der Waals surface area contributed by atoms with Gasteiger partial charge in [0.2, 0.25) is 0 Å². The molecule has 0 aromatic carbocycles. The van der Waals surface area contributed by atoms with Crippen LogP contribution in [-0.4, -0.2) is 35.9 Å². The van der Waals surface area contributed by atoms with E-state index in [-0.39, 0.29) is 30.5 Å². The van der Waals surface area contributed by atoms with E-state index >= 15 is 0 Å². The first kappa shape index (κ1) is 10.8. The van der Waals surface area contributed by atoms with E-state index in [0.717, 1.165) is 12.8 Å². The number of carbonyl (C=O) groups excluding carboxylic acids is 1. The molecule has 0 radical (unpaired) electrons. The first-order valence-corrected chi connectivity index (χ1v) is 4.22. The van der Waals surface area contributed by atoms with E-state index in [1.165, 1.54) is 7.11 Å². The molecule has 2 heterocycles. The number of aliphatic hydroxyl groups excluding tert-OH is 1. The minimum absolute atomic E-state index is 0. The molecular weight excluding hydrogens is 194 g/mol. The van der Waals surface area contributed by atoms with E-state index in [4.69, 9.17) is 4.74 Å². The molecule has 2 aliphatic heterocycles. The third kappa shape index (κ3) is 1.43. The summed E-state index contributed by atoms with van der Waals surface area (Å²) in [6.07, 6.45) is 1.79. The molecule has 2 rings (SSSR count). The highest BCUT2D eigenvalue weighted by Crippen LogP contribution is 2.38. The quantitative estimate of drug-likeness (QED) is 0.587. The Morgan fingerprint density at radius 1 is 1.69 bits per heavy atom. The second-order valence-electron chi connectivity index (χ2n) is 3.63. The van der Waals surface area contributed by atoms with Gasteiger partial charge in [0.1, 0.15) is 5.54 Å². The van der Waals surface area contributed by atoms with Crippen LogP contribution in [0.15, 0.2) is 0 Å². The van der Waals surface area contributed by atoms with Gasteiger partial charge in [0.05, 0.1) is 13.2 Å². The molecule has 2 aliphatic rings. The number of hydrogen-bond acceptors (Lipinski definition) is 4. The zero-order chi connectivity index (χ0) is 8.77. The lowest BCUT2D eigenvalue weighted by Crippen LogP contribution is -2.45. The van der Waals surface area contributed by atoms with E-state index in [0.29, 0.717) is 6.42 Å². The van der Waals surface area contributed by atoms with Gasteiger partial charge in [-0.1, -0.05) is 0 Å². The summed E-state index contributed by atoms with van der Waals surface area (Å²) in [5.74, 6) is -0.235. The van der Waals surface area contributed by atoms with E-state index < -0.39 is 5.54 Å². The van der Waals surface area contributed by atoms with Gasteiger partial charge in [-0.05, 0) is 12.8 Å². The lowest BCUT2D eigenvalue weighted by molar-refractivity contribution is -0.148. The van der Waals surface area contributed by atoms with Gasteiger partial charge in [0, 0.05) is 12.5 Å². The molecule has 0 aromatic heterocycles. The molecule has 2 N–H and O–H groups in total. The Balaban J connectivity index is 0.000000845. The predicted molar refractivity (Wildman–Crippen MR) is 48.8 cm³/mol. The Labute approximate surface area is 83.1 Å². The summed E-state index contributed by atoms with van der Waals surface area (Å²) < 4.78 is 4.69. The van der Waals surface area contributed by atoms with Crippen molar-refractivity contribution in [1.82, 2.24) is 5.32 Å². The summed E-state index contributed by atoms with van der Waals surface area (Å²) >= 11 is 0. The molecule has 0 aromatic rings. The van der Waals surface area contributed by atoms with Crippen molar-refractivity contribution in [1.29, 1.82) is 0 Å². The molecule has 0 amide bonds. The van der Waals surface area contributed by atoms with E-state index in [9.17, 15) is 9.90 Å². The van der Waals surface area contributed by atoms with E-state index in [1.54, 1.807) is 0 Å². The van der Waals surface area contributed by atoms with Crippen LogP contribution in [0.3, 0.4) is 0 Å². The molecular formula is C8H14ClNO3. The molecule has 0 spiro atoms. The predicted octanol–water partition coefficient (Wildman–Crippen LogP) is -0.163. The molecule has 2 bridgehead atoms. The fourth-order valence-corrected chi connectivity index (χ4v) is 2.29. The number of fused-ring (bicyclic) bond motifs is 2. The third-order valence-electron chi connectivity index (χ3n) is 2.94. The first-order valence-electron chi connectivity index (χ1n) is 4.22. The van der Waals surface area contributed by atoms with Gasteiger partial charge in [-0.25, -0.2) is 0 Å². The van der Waals surface area contributed by atoms with Gasteiger partial charge in [0.15, 0.2) is 0 Å². The molecule has 0 unspecified atom stereocenters. The largest absolute Gasteiger partial charge is 0.468 e. The smallest absolute Gasteiger partial charge is 0.326 e. The topological polar surface area (TPSA) is 58.6 Å². The highest BCUT2D eigenvalue weighted by molar-refractivity contribution is 5.85. The van der Waals surface area contributed by atoms with E-state index in [2.05, 4.69) is 5.32 Å². The van der Waals surface area contributed by atoms with Crippen LogP contribution in [0.4, 0.5) is 0 Å². The standard InChI is InChI=1S/C8H13NO3.ClH/c1-12-7(11)8-3-2-5(9-8)6(10)4-8;/h5-6,9-10H,2-4H2,1H3;1H/t5-,6+,8+;/m0./s1. The van der Waals surface area contributed by atoms with Crippen LogP contribution >= 0.6 is 12.4 Å². The lowest BCUT2D eigenvalue weighted by Gasteiger charge is -2.23. The van der Waals surface area contributed by atoms with Gasteiger partial charge in [0.25, 0.3) is 0 Å². The maximum atomic E-state index is 11.3. The van der Waals surface area contributed by atoms with Crippen LogP contribution in [0.25, 0.3) is 0 Å². The van der Waals surface area contributed by atoms with Crippen LogP contribution in [0.1, 0.15) is 19.3 Å².